The zero-order chi connectivity index (χ0) is 17.9. The molecular weight excluding hydrogens is 330 g/mol. The van der Waals surface area contributed by atoms with Crippen LogP contribution in [0.3, 0.4) is 0 Å². The Kier molecular flexibility index (Phi) is 4.88. The van der Waals surface area contributed by atoms with Crippen molar-refractivity contribution in [2.45, 2.75) is 38.1 Å². The van der Waals surface area contributed by atoms with Gasteiger partial charge in [-0.05, 0) is 37.9 Å². The molecule has 0 aliphatic carbocycles. The van der Waals surface area contributed by atoms with Crippen molar-refractivity contribution in [1.82, 2.24) is 24.6 Å². The van der Waals surface area contributed by atoms with Crippen molar-refractivity contribution in [1.29, 1.82) is 0 Å². The fourth-order valence-corrected chi connectivity index (χ4v) is 3.88. The number of amides is 1. The fourth-order valence-electron chi connectivity index (χ4n) is 3.88. The Labute approximate surface area is 152 Å². The second-order valence-electron chi connectivity index (χ2n) is 7.06. The summed E-state index contributed by atoms with van der Waals surface area (Å²) in [7, 11) is 0. The van der Waals surface area contributed by atoms with Gasteiger partial charge in [0.25, 0.3) is 0 Å². The first-order valence-electron chi connectivity index (χ1n) is 9.48. The summed E-state index contributed by atoms with van der Waals surface area (Å²) in [4.78, 5) is 26.7. The monoisotopic (exact) mass is 355 g/mol. The van der Waals surface area contributed by atoms with Crippen LogP contribution in [-0.2, 0) is 11.3 Å². The van der Waals surface area contributed by atoms with Gasteiger partial charge in [-0.3, -0.25) is 4.79 Å². The van der Waals surface area contributed by atoms with Crippen LogP contribution in [0.5, 0.6) is 0 Å². The summed E-state index contributed by atoms with van der Waals surface area (Å²) in [5.74, 6) is 1.23. The highest BCUT2D eigenvalue weighted by atomic mass is 16.2. The molecule has 1 aromatic carbocycles. The standard InChI is InChI=1S/C19H25N5O2/c25-17-9-5-11-22(17)12-13-23-19(26)24(16-7-2-1-3-8-16)18(21-23)15-6-4-10-20-14-15/h1-3,7-8,15,20H,4-6,9-14H2/t15-/m0/s1. The van der Waals surface area contributed by atoms with E-state index in [1.807, 2.05) is 35.2 Å². The number of nitrogens with one attached hydrogen (secondary N) is 1. The van der Waals surface area contributed by atoms with E-state index in [-0.39, 0.29) is 17.5 Å². The SMILES string of the molecule is O=C1CCCN1CCn1nc([C@H]2CCCNC2)n(-c2ccccc2)c1=O. The Hall–Kier alpha value is -2.41. The first-order valence-corrected chi connectivity index (χ1v) is 9.48. The molecule has 2 aromatic rings. The molecule has 26 heavy (non-hydrogen) atoms. The van der Waals surface area contributed by atoms with Gasteiger partial charge >= 0.3 is 5.69 Å². The maximum Gasteiger partial charge on any atom is 0.350 e. The number of likely N-dealkylation sites (tertiary alicyclic amines) is 1. The normalized spacial score (nSPS) is 20.7. The molecule has 0 saturated carbocycles. The van der Waals surface area contributed by atoms with Gasteiger partial charge in [0.2, 0.25) is 5.91 Å². The molecule has 1 aromatic heterocycles. The van der Waals surface area contributed by atoms with Gasteiger partial charge in [-0.15, -0.1) is 0 Å². The van der Waals surface area contributed by atoms with Gasteiger partial charge in [-0.2, -0.15) is 5.10 Å². The maximum atomic E-state index is 13.1. The summed E-state index contributed by atoms with van der Waals surface area (Å²) in [6.45, 7) is 3.63. The average Bonchev–Trinajstić information content (AvgIpc) is 3.24. The molecule has 138 valence electrons. The Morgan fingerprint density at radius 2 is 1.96 bits per heavy atom. The molecular formula is C19H25N5O2. The highest BCUT2D eigenvalue weighted by Gasteiger charge is 2.26. The van der Waals surface area contributed by atoms with Gasteiger partial charge in [0.05, 0.1) is 12.2 Å². The number of carbonyl (C=O) groups is 1. The third-order valence-corrected chi connectivity index (χ3v) is 5.29. The van der Waals surface area contributed by atoms with Crippen LogP contribution in [0.1, 0.15) is 37.4 Å². The lowest BCUT2D eigenvalue weighted by molar-refractivity contribution is -0.127. The number of piperidine rings is 1. The molecule has 2 fully saturated rings. The second-order valence-corrected chi connectivity index (χ2v) is 7.06. The quantitative estimate of drug-likeness (QED) is 0.873. The Bertz CT molecular complexity index is 820. The molecule has 1 amide bonds. The third-order valence-electron chi connectivity index (χ3n) is 5.29. The summed E-state index contributed by atoms with van der Waals surface area (Å²) in [6.07, 6.45) is 3.64. The van der Waals surface area contributed by atoms with Gasteiger partial charge in [-0.25, -0.2) is 14.0 Å². The van der Waals surface area contributed by atoms with Crippen LogP contribution in [0.2, 0.25) is 0 Å². The average molecular weight is 355 g/mol. The highest BCUT2D eigenvalue weighted by molar-refractivity contribution is 5.77. The van der Waals surface area contributed by atoms with E-state index in [9.17, 15) is 9.59 Å². The van der Waals surface area contributed by atoms with Crippen LogP contribution in [0.4, 0.5) is 0 Å². The number of nitrogens with zero attached hydrogens (tertiary/aromatic N) is 4. The Balaban J connectivity index is 1.65. The Morgan fingerprint density at radius 1 is 1.12 bits per heavy atom. The second kappa shape index (κ2) is 7.45. The largest absolute Gasteiger partial charge is 0.350 e. The molecule has 0 bridgehead atoms. The van der Waals surface area contributed by atoms with Crippen LogP contribution in [0.15, 0.2) is 35.1 Å². The van der Waals surface area contributed by atoms with E-state index in [0.717, 1.165) is 50.4 Å². The fraction of sp³-hybridized carbons (Fsp3) is 0.526. The number of rotatable bonds is 5. The summed E-state index contributed by atoms with van der Waals surface area (Å²) >= 11 is 0. The lowest BCUT2D eigenvalue weighted by Gasteiger charge is -2.22. The number of para-hydroxylation sites is 1. The minimum Gasteiger partial charge on any atom is -0.341 e. The van der Waals surface area contributed by atoms with E-state index in [1.165, 1.54) is 4.68 Å². The molecule has 0 unspecified atom stereocenters. The first kappa shape index (κ1) is 17.0. The van der Waals surface area contributed by atoms with E-state index in [0.29, 0.717) is 19.5 Å². The number of aromatic nitrogens is 3. The van der Waals surface area contributed by atoms with Crippen LogP contribution < -0.4 is 11.0 Å². The van der Waals surface area contributed by atoms with Crippen LogP contribution in [0, 0.1) is 0 Å². The van der Waals surface area contributed by atoms with E-state index in [4.69, 9.17) is 0 Å². The lowest BCUT2D eigenvalue weighted by Crippen LogP contribution is -2.33. The van der Waals surface area contributed by atoms with Gasteiger partial charge in [0, 0.05) is 32.0 Å². The predicted molar refractivity (Wildman–Crippen MR) is 98.5 cm³/mol. The van der Waals surface area contributed by atoms with Crippen molar-refractivity contribution < 1.29 is 4.79 Å². The number of benzene rings is 1. The summed E-state index contributed by atoms with van der Waals surface area (Å²) in [5, 5.41) is 8.09. The molecule has 2 saturated heterocycles. The smallest absolute Gasteiger partial charge is 0.341 e. The van der Waals surface area contributed by atoms with Crippen LogP contribution in [0.25, 0.3) is 5.69 Å². The maximum absolute atomic E-state index is 13.1. The summed E-state index contributed by atoms with van der Waals surface area (Å²) in [5.41, 5.74) is 0.727. The minimum atomic E-state index is -0.122. The van der Waals surface area contributed by atoms with Crippen molar-refractivity contribution in [3.05, 3.63) is 46.6 Å². The summed E-state index contributed by atoms with van der Waals surface area (Å²) in [6, 6.07) is 9.70. The molecule has 0 radical (unpaired) electrons. The third kappa shape index (κ3) is 3.31. The van der Waals surface area contributed by atoms with Gasteiger partial charge in [0.1, 0.15) is 5.82 Å². The van der Waals surface area contributed by atoms with Crippen molar-refractivity contribution >= 4 is 5.91 Å². The lowest BCUT2D eigenvalue weighted by atomic mass is 9.99. The van der Waals surface area contributed by atoms with Crippen LogP contribution in [-0.4, -0.2) is 51.3 Å². The molecule has 1 N–H and O–H groups in total. The topological polar surface area (TPSA) is 72.2 Å². The molecule has 3 heterocycles. The number of hydrogen-bond donors (Lipinski definition) is 1. The molecule has 4 rings (SSSR count). The molecule has 0 spiro atoms. The molecule has 2 aliphatic rings. The highest BCUT2D eigenvalue weighted by Crippen LogP contribution is 2.23. The summed E-state index contributed by atoms with van der Waals surface area (Å²) < 4.78 is 3.27. The Morgan fingerprint density at radius 3 is 2.65 bits per heavy atom. The van der Waals surface area contributed by atoms with Gasteiger partial charge < -0.3 is 10.2 Å². The van der Waals surface area contributed by atoms with E-state index < -0.39 is 0 Å². The molecule has 7 heteroatoms. The van der Waals surface area contributed by atoms with Crippen molar-refractivity contribution in [3.63, 3.8) is 0 Å². The predicted octanol–water partition coefficient (Wildman–Crippen LogP) is 1.12. The zero-order valence-corrected chi connectivity index (χ0v) is 14.9. The van der Waals surface area contributed by atoms with Crippen molar-refractivity contribution in [3.8, 4) is 5.69 Å². The number of hydrogen-bond acceptors (Lipinski definition) is 4. The zero-order valence-electron chi connectivity index (χ0n) is 14.9. The van der Waals surface area contributed by atoms with Crippen LogP contribution >= 0.6 is 0 Å². The van der Waals surface area contributed by atoms with Crippen molar-refractivity contribution in [2.24, 2.45) is 0 Å². The number of carbonyl (C=O) groups excluding carboxylic acids is 1. The van der Waals surface area contributed by atoms with E-state index >= 15 is 0 Å². The molecule has 7 nitrogen and oxygen atoms in total. The minimum absolute atomic E-state index is 0.122. The molecule has 1 atom stereocenters. The molecule has 2 aliphatic heterocycles. The van der Waals surface area contributed by atoms with E-state index in [1.54, 1.807) is 4.57 Å². The van der Waals surface area contributed by atoms with Gasteiger partial charge in [-0.1, -0.05) is 18.2 Å². The van der Waals surface area contributed by atoms with E-state index in [2.05, 4.69) is 10.4 Å². The van der Waals surface area contributed by atoms with Crippen molar-refractivity contribution in [2.75, 3.05) is 26.2 Å². The first-order chi connectivity index (χ1) is 12.7. The van der Waals surface area contributed by atoms with Gasteiger partial charge in [0.15, 0.2) is 0 Å².